The second-order valence-electron chi connectivity index (χ2n) is 5.34. The molecule has 1 N–H and O–H groups in total. The van der Waals surface area contributed by atoms with E-state index in [0.29, 0.717) is 16.0 Å². The molecular weight excluding hydrogens is 329 g/mol. The lowest BCUT2D eigenvalue weighted by atomic mass is 9.93. The van der Waals surface area contributed by atoms with E-state index >= 15 is 0 Å². The van der Waals surface area contributed by atoms with E-state index in [-0.39, 0.29) is 11.9 Å². The van der Waals surface area contributed by atoms with Gasteiger partial charge in [-0.3, -0.25) is 0 Å². The summed E-state index contributed by atoms with van der Waals surface area (Å²) in [5.41, 5.74) is 3.05. The predicted octanol–water partition coefficient (Wildman–Crippen LogP) is 5.41. The Labute approximate surface area is 134 Å². The molecule has 0 aliphatic heterocycles. The molecule has 0 spiro atoms. The van der Waals surface area contributed by atoms with Crippen molar-refractivity contribution in [2.24, 2.45) is 0 Å². The summed E-state index contributed by atoms with van der Waals surface area (Å²) in [7, 11) is 1.85. The van der Waals surface area contributed by atoms with Gasteiger partial charge in [0.1, 0.15) is 5.82 Å². The zero-order valence-electron chi connectivity index (χ0n) is 12.7. The van der Waals surface area contributed by atoms with Crippen LogP contribution in [-0.4, -0.2) is 7.05 Å². The van der Waals surface area contributed by atoms with Crippen LogP contribution in [0.1, 0.15) is 48.9 Å². The number of benzene rings is 2. The fraction of sp³-hybridized carbons (Fsp3) is 0.333. The van der Waals surface area contributed by atoms with Gasteiger partial charge < -0.3 is 5.32 Å². The Kier molecular flexibility index (Phi) is 5.54. The summed E-state index contributed by atoms with van der Waals surface area (Å²) in [5, 5.41) is 3.20. The van der Waals surface area contributed by atoms with E-state index in [1.807, 2.05) is 19.2 Å². The molecule has 2 rings (SSSR count). The highest BCUT2D eigenvalue weighted by atomic mass is 79.9. The van der Waals surface area contributed by atoms with E-state index in [4.69, 9.17) is 0 Å². The fourth-order valence-electron chi connectivity index (χ4n) is 2.50. The smallest absolute Gasteiger partial charge is 0.142 e. The molecule has 2 aromatic rings. The van der Waals surface area contributed by atoms with E-state index in [0.717, 1.165) is 12.0 Å². The van der Waals surface area contributed by atoms with Crippen molar-refractivity contribution in [2.45, 2.75) is 32.2 Å². The van der Waals surface area contributed by atoms with Crippen LogP contribution >= 0.6 is 15.9 Å². The monoisotopic (exact) mass is 349 g/mol. The van der Waals surface area contributed by atoms with Crippen LogP contribution in [0, 0.1) is 5.82 Å². The number of hydrogen-bond donors (Lipinski definition) is 1. The first-order chi connectivity index (χ1) is 10.1. The molecule has 21 heavy (non-hydrogen) atoms. The van der Waals surface area contributed by atoms with Crippen LogP contribution in [-0.2, 0) is 0 Å². The standard InChI is InChI=1S/C18H21BrFN/c1-4-12(2)13-8-10-14(11-9-13)18(21-3)15-6-5-7-16(19)17(15)20/h5-12,18,21H,4H2,1-3H3. The van der Waals surface area contributed by atoms with E-state index in [2.05, 4.69) is 59.4 Å². The molecule has 0 saturated carbocycles. The Hall–Kier alpha value is -1.19. The largest absolute Gasteiger partial charge is 0.309 e. The lowest BCUT2D eigenvalue weighted by Crippen LogP contribution is -2.19. The van der Waals surface area contributed by atoms with Crippen LogP contribution < -0.4 is 5.32 Å². The van der Waals surface area contributed by atoms with Gasteiger partial charge >= 0.3 is 0 Å². The summed E-state index contributed by atoms with van der Waals surface area (Å²) in [6.45, 7) is 4.41. The first-order valence-electron chi connectivity index (χ1n) is 7.29. The molecular formula is C18H21BrFN. The molecule has 112 valence electrons. The lowest BCUT2D eigenvalue weighted by Gasteiger charge is -2.19. The first-order valence-corrected chi connectivity index (χ1v) is 8.08. The first kappa shape index (κ1) is 16.2. The molecule has 2 atom stereocenters. The van der Waals surface area contributed by atoms with Crippen LogP contribution in [0.2, 0.25) is 0 Å². The molecule has 0 radical (unpaired) electrons. The summed E-state index contributed by atoms with van der Waals surface area (Å²) in [6.07, 6.45) is 1.12. The Bertz CT molecular complexity index is 595. The van der Waals surface area contributed by atoms with Crippen molar-refractivity contribution in [2.75, 3.05) is 7.05 Å². The Morgan fingerprint density at radius 3 is 2.29 bits per heavy atom. The van der Waals surface area contributed by atoms with Crippen LogP contribution in [0.15, 0.2) is 46.9 Å². The van der Waals surface area contributed by atoms with Crippen molar-refractivity contribution < 1.29 is 4.39 Å². The SMILES string of the molecule is CCC(C)c1ccc(C(NC)c2cccc(Br)c2F)cc1. The summed E-state index contributed by atoms with van der Waals surface area (Å²) in [5.74, 6) is 0.345. The van der Waals surface area contributed by atoms with Gasteiger partial charge in [0.15, 0.2) is 0 Å². The van der Waals surface area contributed by atoms with Gasteiger partial charge in [-0.1, -0.05) is 50.2 Å². The molecule has 0 fully saturated rings. The normalized spacial score (nSPS) is 14.0. The van der Waals surface area contributed by atoms with Gasteiger partial charge in [-0.25, -0.2) is 4.39 Å². The molecule has 0 bridgehead atoms. The van der Waals surface area contributed by atoms with Crippen molar-refractivity contribution in [3.8, 4) is 0 Å². The minimum atomic E-state index is -0.206. The highest BCUT2D eigenvalue weighted by Gasteiger charge is 2.17. The zero-order valence-corrected chi connectivity index (χ0v) is 14.2. The topological polar surface area (TPSA) is 12.0 Å². The third-order valence-corrected chi connectivity index (χ3v) is 4.64. The van der Waals surface area contributed by atoms with E-state index < -0.39 is 0 Å². The number of halogens is 2. The molecule has 0 aliphatic rings. The molecule has 0 aliphatic carbocycles. The highest BCUT2D eigenvalue weighted by molar-refractivity contribution is 9.10. The molecule has 0 saturated heterocycles. The van der Waals surface area contributed by atoms with E-state index in [1.54, 1.807) is 6.07 Å². The van der Waals surface area contributed by atoms with Gasteiger partial charge in [0.05, 0.1) is 10.5 Å². The van der Waals surface area contributed by atoms with Gasteiger partial charge in [0, 0.05) is 5.56 Å². The fourth-order valence-corrected chi connectivity index (χ4v) is 2.88. The van der Waals surface area contributed by atoms with Crippen LogP contribution in [0.3, 0.4) is 0 Å². The second kappa shape index (κ2) is 7.19. The molecule has 0 heterocycles. The minimum Gasteiger partial charge on any atom is -0.309 e. The molecule has 1 nitrogen and oxygen atoms in total. The van der Waals surface area contributed by atoms with Gasteiger partial charge in [-0.05, 0) is 52.5 Å². The van der Waals surface area contributed by atoms with Crippen molar-refractivity contribution in [1.82, 2.24) is 5.32 Å². The lowest BCUT2D eigenvalue weighted by molar-refractivity contribution is 0.571. The molecule has 0 aromatic heterocycles. The predicted molar refractivity (Wildman–Crippen MR) is 90.2 cm³/mol. The van der Waals surface area contributed by atoms with Crippen LogP contribution in [0.4, 0.5) is 4.39 Å². The van der Waals surface area contributed by atoms with Crippen molar-refractivity contribution in [3.63, 3.8) is 0 Å². The molecule has 0 amide bonds. The van der Waals surface area contributed by atoms with Gasteiger partial charge in [0.2, 0.25) is 0 Å². The van der Waals surface area contributed by atoms with Crippen molar-refractivity contribution in [3.05, 3.63) is 69.4 Å². The second-order valence-corrected chi connectivity index (χ2v) is 6.20. The maximum absolute atomic E-state index is 14.3. The Morgan fingerprint density at radius 1 is 1.10 bits per heavy atom. The Balaban J connectivity index is 2.35. The minimum absolute atomic E-state index is 0.145. The van der Waals surface area contributed by atoms with Gasteiger partial charge in [-0.15, -0.1) is 0 Å². The highest BCUT2D eigenvalue weighted by Crippen LogP contribution is 2.29. The van der Waals surface area contributed by atoms with Gasteiger partial charge in [-0.2, -0.15) is 0 Å². The summed E-state index contributed by atoms with van der Waals surface area (Å²) >= 11 is 3.25. The van der Waals surface area contributed by atoms with E-state index in [1.165, 1.54) is 5.56 Å². The third-order valence-electron chi connectivity index (χ3n) is 4.03. The van der Waals surface area contributed by atoms with Gasteiger partial charge in [0.25, 0.3) is 0 Å². The van der Waals surface area contributed by atoms with Crippen molar-refractivity contribution in [1.29, 1.82) is 0 Å². The number of hydrogen-bond acceptors (Lipinski definition) is 1. The van der Waals surface area contributed by atoms with Crippen LogP contribution in [0.5, 0.6) is 0 Å². The van der Waals surface area contributed by atoms with E-state index in [9.17, 15) is 4.39 Å². The van der Waals surface area contributed by atoms with Crippen LogP contribution in [0.25, 0.3) is 0 Å². The average molecular weight is 350 g/mol. The van der Waals surface area contributed by atoms with Crippen molar-refractivity contribution >= 4 is 15.9 Å². The maximum Gasteiger partial charge on any atom is 0.142 e. The summed E-state index contributed by atoms with van der Waals surface area (Å²) in [6, 6.07) is 13.7. The quantitative estimate of drug-likeness (QED) is 0.760. The summed E-state index contributed by atoms with van der Waals surface area (Å²) in [4.78, 5) is 0. The molecule has 3 heteroatoms. The Morgan fingerprint density at radius 2 is 1.71 bits per heavy atom. The summed E-state index contributed by atoms with van der Waals surface area (Å²) < 4.78 is 14.8. The molecule has 2 aromatic carbocycles. The zero-order chi connectivity index (χ0) is 15.4. The third kappa shape index (κ3) is 3.53. The average Bonchev–Trinajstić information content (AvgIpc) is 2.52. The number of rotatable bonds is 5. The number of nitrogens with one attached hydrogen (secondary N) is 1. The maximum atomic E-state index is 14.3. The molecule has 2 unspecified atom stereocenters.